The van der Waals surface area contributed by atoms with Gasteiger partial charge in [-0.3, -0.25) is 4.90 Å². The lowest BCUT2D eigenvalue weighted by Gasteiger charge is -2.59. The molecule has 3 heteroatoms. The number of rotatable bonds is 2. The second kappa shape index (κ2) is 5.01. The summed E-state index contributed by atoms with van der Waals surface area (Å²) in [4.78, 5) is 2.67. The first-order valence-corrected chi connectivity index (χ1v) is 7.79. The van der Waals surface area contributed by atoms with Gasteiger partial charge in [-0.15, -0.1) is 0 Å². The molecule has 2 aliphatic rings. The van der Waals surface area contributed by atoms with Crippen LogP contribution in [-0.2, 0) is 4.74 Å². The molecule has 2 unspecified atom stereocenters. The smallest absolute Gasteiger partial charge is 0.0645 e. The maximum Gasteiger partial charge on any atom is 0.0645 e. The molecule has 19 heavy (non-hydrogen) atoms. The van der Waals surface area contributed by atoms with E-state index >= 15 is 0 Å². The Balaban J connectivity index is 2.27. The molecule has 0 aromatic rings. The number of ether oxygens (including phenoxy) is 1. The lowest BCUT2D eigenvalue weighted by molar-refractivity contribution is -0.138. The third-order valence-electron chi connectivity index (χ3n) is 5.55. The Bertz CT molecular complexity index is 327. The molecular weight excluding hydrogens is 236 g/mol. The second-order valence-corrected chi connectivity index (χ2v) is 8.09. The van der Waals surface area contributed by atoms with Crippen LogP contribution in [0.5, 0.6) is 0 Å². The zero-order valence-electron chi connectivity index (χ0n) is 13.5. The van der Waals surface area contributed by atoms with Crippen LogP contribution in [0.4, 0.5) is 0 Å². The van der Waals surface area contributed by atoms with Crippen molar-refractivity contribution in [3.05, 3.63) is 0 Å². The number of hydrogen-bond acceptors (Lipinski definition) is 3. The third kappa shape index (κ3) is 2.70. The number of hydrogen-bond donors (Lipinski definition) is 1. The van der Waals surface area contributed by atoms with Crippen LogP contribution in [0.15, 0.2) is 0 Å². The van der Waals surface area contributed by atoms with E-state index in [1.807, 2.05) is 0 Å². The number of nitrogens with zero attached hydrogens (tertiary/aromatic N) is 1. The first kappa shape index (κ1) is 15.3. The van der Waals surface area contributed by atoms with Crippen LogP contribution < -0.4 is 5.73 Å². The van der Waals surface area contributed by atoms with E-state index in [0.717, 1.165) is 26.3 Å². The van der Waals surface area contributed by atoms with E-state index in [2.05, 4.69) is 39.5 Å². The Kier molecular flexibility index (Phi) is 4.03. The minimum atomic E-state index is 0.105. The molecule has 2 fully saturated rings. The van der Waals surface area contributed by atoms with Crippen molar-refractivity contribution in [3.8, 4) is 0 Å². The average Bonchev–Trinajstić information content (AvgIpc) is 2.30. The van der Waals surface area contributed by atoms with Crippen molar-refractivity contribution in [2.45, 2.75) is 65.0 Å². The van der Waals surface area contributed by atoms with Gasteiger partial charge >= 0.3 is 0 Å². The van der Waals surface area contributed by atoms with Crippen LogP contribution >= 0.6 is 0 Å². The van der Waals surface area contributed by atoms with Crippen molar-refractivity contribution in [2.75, 3.05) is 26.3 Å². The van der Waals surface area contributed by atoms with Gasteiger partial charge in [0.25, 0.3) is 0 Å². The van der Waals surface area contributed by atoms with Crippen molar-refractivity contribution in [3.63, 3.8) is 0 Å². The fourth-order valence-electron chi connectivity index (χ4n) is 4.42. The monoisotopic (exact) mass is 268 g/mol. The van der Waals surface area contributed by atoms with E-state index in [4.69, 9.17) is 10.5 Å². The van der Waals surface area contributed by atoms with E-state index in [1.165, 1.54) is 19.3 Å². The van der Waals surface area contributed by atoms with E-state index in [9.17, 15) is 0 Å². The predicted octanol–water partition coefficient (Wildman–Crippen LogP) is 2.64. The topological polar surface area (TPSA) is 38.5 Å². The van der Waals surface area contributed by atoms with E-state index in [1.54, 1.807) is 0 Å². The zero-order valence-corrected chi connectivity index (χ0v) is 13.5. The van der Waals surface area contributed by atoms with Crippen LogP contribution in [0, 0.1) is 11.3 Å². The highest BCUT2D eigenvalue weighted by molar-refractivity contribution is 5.06. The fourth-order valence-corrected chi connectivity index (χ4v) is 4.42. The largest absolute Gasteiger partial charge is 0.378 e. The van der Waals surface area contributed by atoms with Gasteiger partial charge in [0.1, 0.15) is 0 Å². The molecule has 1 aliphatic carbocycles. The summed E-state index contributed by atoms with van der Waals surface area (Å²) in [5.74, 6) is 0.652. The second-order valence-electron chi connectivity index (χ2n) is 8.09. The molecule has 0 amide bonds. The summed E-state index contributed by atoms with van der Waals surface area (Å²) in [6.07, 6.45) is 3.78. The number of morpholine rings is 1. The summed E-state index contributed by atoms with van der Waals surface area (Å²) in [6.45, 7) is 15.3. The summed E-state index contributed by atoms with van der Waals surface area (Å²) >= 11 is 0. The van der Waals surface area contributed by atoms with E-state index in [0.29, 0.717) is 11.3 Å². The summed E-state index contributed by atoms with van der Waals surface area (Å²) < 4.78 is 5.69. The Morgan fingerprint density at radius 2 is 1.89 bits per heavy atom. The minimum absolute atomic E-state index is 0.105. The molecule has 1 heterocycles. The van der Waals surface area contributed by atoms with E-state index < -0.39 is 0 Å². The minimum Gasteiger partial charge on any atom is -0.378 e. The zero-order chi connectivity index (χ0) is 14.3. The van der Waals surface area contributed by atoms with Crippen LogP contribution in [0.25, 0.3) is 0 Å². The van der Waals surface area contributed by atoms with Crippen molar-refractivity contribution in [2.24, 2.45) is 17.1 Å². The SMILES string of the molecule is CC1CC(C)(C)CCC1(CN)N1CCOCC1(C)C. The standard InChI is InChI=1S/C16H32N2O/c1-13-10-14(2,3)6-7-16(13,11-17)18-8-9-19-12-15(18,4)5/h13H,6-12,17H2,1-5H3. The molecule has 2 atom stereocenters. The van der Waals surface area contributed by atoms with Gasteiger partial charge in [0.15, 0.2) is 0 Å². The molecule has 1 saturated carbocycles. The molecule has 0 bridgehead atoms. The lowest BCUT2D eigenvalue weighted by atomic mass is 9.62. The van der Waals surface area contributed by atoms with Crippen molar-refractivity contribution >= 4 is 0 Å². The molecule has 3 nitrogen and oxygen atoms in total. The molecule has 2 rings (SSSR count). The van der Waals surface area contributed by atoms with Crippen molar-refractivity contribution in [1.29, 1.82) is 0 Å². The normalized spacial score (nSPS) is 39.2. The van der Waals surface area contributed by atoms with Gasteiger partial charge in [0.05, 0.1) is 13.2 Å². The summed E-state index contributed by atoms with van der Waals surface area (Å²) in [7, 11) is 0. The van der Waals surface area contributed by atoms with Gasteiger partial charge < -0.3 is 10.5 Å². The van der Waals surface area contributed by atoms with Gasteiger partial charge in [-0.25, -0.2) is 0 Å². The molecule has 0 radical (unpaired) electrons. The molecule has 112 valence electrons. The maximum absolute atomic E-state index is 6.29. The average molecular weight is 268 g/mol. The van der Waals surface area contributed by atoms with Crippen LogP contribution in [-0.4, -0.2) is 42.3 Å². The third-order valence-corrected chi connectivity index (χ3v) is 5.55. The van der Waals surface area contributed by atoms with Gasteiger partial charge in [-0.05, 0) is 44.4 Å². The Hall–Kier alpha value is -0.120. The van der Waals surface area contributed by atoms with Crippen LogP contribution in [0.3, 0.4) is 0 Å². The molecule has 2 N–H and O–H groups in total. The highest BCUT2D eigenvalue weighted by Crippen LogP contribution is 2.48. The molecule has 0 aromatic carbocycles. The molecule has 0 aromatic heterocycles. The Morgan fingerprint density at radius 1 is 1.21 bits per heavy atom. The maximum atomic E-state index is 6.29. The fraction of sp³-hybridized carbons (Fsp3) is 1.00. The van der Waals surface area contributed by atoms with Gasteiger partial charge in [-0.2, -0.15) is 0 Å². The van der Waals surface area contributed by atoms with Crippen LogP contribution in [0.2, 0.25) is 0 Å². The summed E-state index contributed by atoms with van der Waals surface area (Å²) in [5.41, 5.74) is 7.03. The molecule has 1 saturated heterocycles. The summed E-state index contributed by atoms with van der Waals surface area (Å²) in [6, 6.07) is 0. The van der Waals surface area contributed by atoms with Gasteiger partial charge in [-0.1, -0.05) is 20.8 Å². The van der Waals surface area contributed by atoms with Crippen LogP contribution in [0.1, 0.15) is 53.9 Å². The highest BCUT2D eigenvalue weighted by atomic mass is 16.5. The first-order valence-electron chi connectivity index (χ1n) is 7.79. The predicted molar refractivity (Wildman–Crippen MR) is 80.2 cm³/mol. The molecule has 0 spiro atoms. The molecular formula is C16H32N2O. The lowest BCUT2D eigenvalue weighted by Crippen LogP contribution is -2.69. The summed E-state index contributed by atoms with van der Waals surface area (Å²) in [5, 5.41) is 0. The van der Waals surface area contributed by atoms with Gasteiger partial charge in [0.2, 0.25) is 0 Å². The van der Waals surface area contributed by atoms with Crippen molar-refractivity contribution in [1.82, 2.24) is 4.90 Å². The van der Waals surface area contributed by atoms with Crippen molar-refractivity contribution < 1.29 is 4.74 Å². The van der Waals surface area contributed by atoms with Gasteiger partial charge in [0, 0.05) is 24.2 Å². The van der Waals surface area contributed by atoms with E-state index in [-0.39, 0.29) is 11.1 Å². The number of nitrogens with two attached hydrogens (primary N) is 1. The molecule has 1 aliphatic heterocycles. The first-order chi connectivity index (χ1) is 8.73. The quantitative estimate of drug-likeness (QED) is 0.837. The Labute approximate surface area is 118 Å². The Morgan fingerprint density at radius 3 is 2.42 bits per heavy atom. The highest BCUT2D eigenvalue weighted by Gasteiger charge is 2.51.